The number of piperidine rings is 2. The van der Waals surface area contributed by atoms with E-state index >= 15 is 0 Å². The summed E-state index contributed by atoms with van der Waals surface area (Å²) < 4.78 is 0. The van der Waals surface area contributed by atoms with Gasteiger partial charge in [0, 0.05) is 23.7 Å². The van der Waals surface area contributed by atoms with E-state index in [4.69, 9.17) is 0 Å². The molecule has 0 spiro atoms. The molecular weight excluding hydrogens is 238 g/mol. The fraction of sp³-hybridized carbons (Fsp3) is 0.933. The van der Waals surface area contributed by atoms with Gasteiger partial charge in [0.2, 0.25) is 5.91 Å². The minimum Gasteiger partial charge on any atom is -0.350 e. The number of hydrogen-bond acceptors (Lipinski definition) is 3. The van der Waals surface area contributed by atoms with E-state index in [9.17, 15) is 4.79 Å². The van der Waals surface area contributed by atoms with Crippen LogP contribution in [0.2, 0.25) is 0 Å². The second-order valence-corrected chi connectivity index (χ2v) is 7.17. The van der Waals surface area contributed by atoms with Crippen molar-refractivity contribution < 1.29 is 4.79 Å². The van der Waals surface area contributed by atoms with Crippen molar-refractivity contribution >= 4 is 5.91 Å². The van der Waals surface area contributed by atoms with Crippen LogP contribution in [-0.4, -0.2) is 48.1 Å². The van der Waals surface area contributed by atoms with Crippen molar-refractivity contribution in [3.05, 3.63) is 0 Å². The predicted molar refractivity (Wildman–Crippen MR) is 78.1 cm³/mol. The minimum atomic E-state index is -0.129. The van der Waals surface area contributed by atoms with Crippen LogP contribution in [0.4, 0.5) is 0 Å². The molecule has 0 aromatic heterocycles. The zero-order valence-corrected chi connectivity index (χ0v) is 12.8. The lowest BCUT2D eigenvalue weighted by molar-refractivity contribution is -0.126. The van der Waals surface area contributed by atoms with Gasteiger partial charge in [0.15, 0.2) is 0 Å². The maximum absolute atomic E-state index is 12.1. The summed E-state index contributed by atoms with van der Waals surface area (Å²) in [4.78, 5) is 14.6. The molecule has 2 aliphatic rings. The fourth-order valence-electron chi connectivity index (χ4n) is 3.60. The van der Waals surface area contributed by atoms with Crippen molar-refractivity contribution in [3.63, 3.8) is 0 Å². The van der Waals surface area contributed by atoms with Gasteiger partial charge in [-0.05, 0) is 53.5 Å². The summed E-state index contributed by atoms with van der Waals surface area (Å²) in [6, 6.07) is 1.82. The van der Waals surface area contributed by atoms with Gasteiger partial charge in [-0.25, -0.2) is 0 Å². The van der Waals surface area contributed by atoms with Crippen LogP contribution in [0, 0.1) is 0 Å². The molecule has 0 saturated carbocycles. The lowest BCUT2D eigenvalue weighted by Crippen LogP contribution is -2.58. The number of amides is 1. The van der Waals surface area contributed by atoms with E-state index in [-0.39, 0.29) is 11.4 Å². The van der Waals surface area contributed by atoms with Gasteiger partial charge in [-0.3, -0.25) is 9.69 Å². The molecule has 2 bridgehead atoms. The maximum Gasteiger partial charge on any atom is 0.234 e. The summed E-state index contributed by atoms with van der Waals surface area (Å²) in [5.41, 5.74) is -0.129. The SMILES string of the molecule is CNC1CC2CCCC(C1)N2CC(=O)NC(C)(C)C. The van der Waals surface area contributed by atoms with Crippen molar-refractivity contribution in [2.24, 2.45) is 0 Å². The van der Waals surface area contributed by atoms with Gasteiger partial charge in [0.25, 0.3) is 0 Å². The lowest BCUT2D eigenvalue weighted by atomic mass is 9.82. The average Bonchev–Trinajstić information content (AvgIpc) is 2.25. The number of rotatable bonds is 3. The zero-order valence-electron chi connectivity index (χ0n) is 12.8. The first-order valence-electron chi connectivity index (χ1n) is 7.63. The Morgan fingerprint density at radius 3 is 2.26 bits per heavy atom. The van der Waals surface area contributed by atoms with Gasteiger partial charge < -0.3 is 10.6 Å². The van der Waals surface area contributed by atoms with Crippen LogP contribution in [0.25, 0.3) is 0 Å². The summed E-state index contributed by atoms with van der Waals surface area (Å²) in [5.74, 6) is 0.173. The summed E-state index contributed by atoms with van der Waals surface area (Å²) in [6.07, 6.45) is 6.20. The highest BCUT2D eigenvalue weighted by Gasteiger charge is 2.38. The van der Waals surface area contributed by atoms with Crippen LogP contribution in [0.5, 0.6) is 0 Å². The first kappa shape index (κ1) is 14.8. The van der Waals surface area contributed by atoms with Crippen molar-refractivity contribution in [1.82, 2.24) is 15.5 Å². The number of nitrogens with zero attached hydrogens (tertiary/aromatic N) is 1. The molecule has 0 aromatic rings. The van der Waals surface area contributed by atoms with Crippen molar-refractivity contribution in [2.75, 3.05) is 13.6 Å². The Bertz CT molecular complexity index is 310. The van der Waals surface area contributed by atoms with Gasteiger partial charge in [-0.2, -0.15) is 0 Å². The Morgan fingerprint density at radius 2 is 1.79 bits per heavy atom. The topological polar surface area (TPSA) is 44.4 Å². The minimum absolute atomic E-state index is 0.129. The largest absolute Gasteiger partial charge is 0.350 e. The molecule has 2 heterocycles. The average molecular weight is 267 g/mol. The molecule has 19 heavy (non-hydrogen) atoms. The molecule has 1 amide bonds. The monoisotopic (exact) mass is 267 g/mol. The third kappa shape index (κ3) is 3.93. The van der Waals surface area contributed by atoms with E-state index in [1.807, 2.05) is 20.8 Å². The van der Waals surface area contributed by atoms with E-state index < -0.39 is 0 Å². The van der Waals surface area contributed by atoms with Crippen LogP contribution in [0.3, 0.4) is 0 Å². The molecule has 2 N–H and O–H groups in total. The van der Waals surface area contributed by atoms with E-state index in [0.717, 1.165) is 0 Å². The van der Waals surface area contributed by atoms with Crippen LogP contribution >= 0.6 is 0 Å². The Kier molecular flexibility index (Phi) is 4.51. The van der Waals surface area contributed by atoms with Crippen LogP contribution in [-0.2, 0) is 4.79 Å². The molecule has 2 fully saturated rings. The molecule has 110 valence electrons. The second kappa shape index (κ2) is 5.80. The molecule has 0 aliphatic carbocycles. The third-order valence-electron chi connectivity index (χ3n) is 4.37. The predicted octanol–water partition coefficient (Wildman–Crippen LogP) is 1.51. The number of hydrogen-bond donors (Lipinski definition) is 2. The van der Waals surface area contributed by atoms with E-state index in [1.165, 1.54) is 32.1 Å². The van der Waals surface area contributed by atoms with Gasteiger partial charge in [0.1, 0.15) is 0 Å². The van der Waals surface area contributed by atoms with Gasteiger partial charge in [-0.15, -0.1) is 0 Å². The zero-order chi connectivity index (χ0) is 14.0. The summed E-state index contributed by atoms with van der Waals surface area (Å²) in [5, 5.41) is 6.50. The molecule has 0 radical (unpaired) electrons. The molecule has 2 aliphatic heterocycles. The quantitative estimate of drug-likeness (QED) is 0.814. The van der Waals surface area contributed by atoms with E-state index in [1.54, 1.807) is 0 Å². The normalized spacial score (nSPS) is 32.1. The highest BCUT2D eigenvalue weighted by molar-refractivity contribution is 5.78. The molecule has 2 saturated heterocycles. The second-order valence-electron chi connectivity index (χ2n) is 7.17. The third-order valence-corrected chi connectivity index (χ3v) is 4.37. The lowest BCUT2D eigenvalue weighted by Gasteiger charge is -2.48. The van der Waals surface area contributed by atoms with Crippen LogP contribution in [0.15, 0.2) is 0 Å². The Labute approximate surface area is 117 Å². The summed E-state index contributed by atoms with van der Waals surface area (Å²) in [7, 11) is 2.06. The highest BCUT2D eigenvalue weighted by Crippen LogP contribution is 2.33. The maximum atomic E-state index is 12.1. The Balaban J connectivity index is 1.95. The molecule has 2 rings (SSSR count). The first-order chi connectivity index (χ1) is 8.89. The molecule has 4 nitrogen and oxygen atoms in total. The molecule has 0 aromatic carbocycles. The van der Waals surface area contributed by atoms with E-state index in [0.29, 0.717) is 24.7 Å². The van der Waals surface area contributed by atoms with Crippen molar-refractivity contribution in [1.29, 1.82) is 0 Å². The van der Waals surface area contributed by atoms with Crippen molar-refractivity contribution in [2.45, 2.75) is 76.5 Å². The first-order valence-corrected chi connectivity index (χ1v) is 7.63. The van der Waals surface area contributed by atoms with Gasteiger partial charge >= 0.3 is 0 Å². The Hall–Kier alpha value is -0.610. The molecular formula is C15H29N3O. The van der Waals surface area contributed by atoms with Gasteiger partial charge in [0.05, 0.1) is 6.54 Å². The fourth-order valence-corrected chi connectivity index (χ4v) is 3.60. The van der Waals surface area contributed by atoms with Crippen LogP contribution < -0.4 is 10.6 Å². The number of nitrogens with one attached hydrogen (secondary N) is 2. The number of fused-ring (bicyclic) bond motifs is 2. The highest BCUT2D eigenvalue weighted by atomic mass is 16.2. The van der Waals surface area contributed by atoms with Crippen molar-refractivity contribution in [3.8, 4) is 0 Å². The van der Waals surface area contributed by atoms with Crippen LogP contribution in [0.1, 0.15) is 52.9 Å². The van der Waals surface area contributed by atoms with E-state index in [2.05, 4.69) is 22.6 Å². The standard InChI is InChI=1S/C15H29N3O/c1-15(2,3)17-14(19)10-18-12-6-5-7-13(18)9-11(8-12)16-4/h11-13,16H,5-10H2,1-4H3,(H,17,19). The molecule has 2 atom stereocenters. The molecule has 2 unspecified atom stereocenters. The Morgan fingerprint density at radius 1 is 1.21 bits per heavy atom. The smallest absolute Gasteiger partial charge is 0.234 e. The number of carbonyl (C=O) groups excluding carboxylic acids is 1. The van der Waals surface area contributed by atoms with Gasteiger partial charge in [-0.1, -0.05) is 6.42 Å². The molecule has 4 heteroatoms. The number of carbonyl (C=O) groups is 1. The summed E-state index contributed by atoms with van der Waals surface area (Å²) in [6.45, 7) is 6.69. The summed E-state index contributed by atoms with van der Waals surface area (Å²) >= 11 is 0.